The normalized spacial score (nSPS) is 15.5. The summed E-state index contributed by atoms with van der Waals surface area (Å²) in [6.45, 7) is 0.0236. The van der Waals surface area contributed by atoms with Crippen LogP contribution in [0.1, 0.15) is 27.9 Å². The standard InChI is InChI=1S/C26H21FN4O5S/c27-20-7-5-19(6-8-20)25(33)30(14-13-17-3-11-22(12-4-17)37(29,35)36)23-15-24(32)31(26(23)34)21-9-1-18(16-28)2-10-21/h1-12,23H,13-15H2,(H2,29,35,36). The Bertz CT molecular complexity index is 1500. The summed E-state index contributed by atoms with van der Waals surface area (Å²) in [5.74, 6) is -2.20. The number of primary sulfonamides is 1. The summed E-state index contributed by atoms with van der Waals surface area (Å²) >= 11 is 0. The molecule has 4 rings (SSSR count). The molecule has 3 aromatic carbocycles. The van der Waals surface area contributed by atoms with Gasteiger partial charge in [0, 0.05) is 12.1 Å². The summed E-state index contributed by atoms with van der Waals surface area (Å²) in [5.41, 5.74) is 1.46. The van der Waals surface area contributed by atoms with Crippen LogP contribution in [0, 0.1) is 17.1 Å². The van der Waals surface area contributed by atoms with Crippen molar-refractivity contribution in [3.63, 3.8) is 0 Å². The molecule has 0 saturated carbocycles. The zero-order valence-corrected chi connectivity index (χ0v) is 20.2. The summed E-state index contributed by atoms with van der Waals surface area (Å²) in [6.07, 6.45) is -0.0111. The Morgan fingerprint density at radius 1 is 1.03 bits per heavy atom. The molecule has 3 aromatic rings. The maximum Gasteiger partial charge on any atom is 0.257 e. The molecule has 1 heterocycles. The topological polar surface area (TPSA) is 142 Å². The first-order valence-corrected chi connectivity index (χ1v) is 12.7. The highest BCUT2D eigenvalue weighted by Crippen LogP contribution is 2.27. The van der Waals surface area contributed by atoms with E-state index in [2.05, 4.69) is 0 Å². The second-order valence-electron chi connectivity index (χ2n) is 8.39. The highest BCUT2D eigenvalue weighted by Gasteiger charge is 2.44. The van der Waals surface area contributed by atoms with Gasteiger partial charge in [-0.1, -0.05) is 12.1 Å². The van der Waals surface area contributed by atoms with Gasteiger partial charge < -0.3 is 4.90 Å². The van der Waals surface area contributed by atoms with Crippen LogP contribution < -0.4 is 10.0 Å². The molecule has 0 aromatic heterocycles. The van der Waals surface area contributed by atoms with Crippen LogP contribution in [-0.2, 0) is 26.0 Å². The molecule has 1 saturated heterocycles. The Morgan fingerprint density at radius 3 is 2.22 bits per heavy atom. The molecular weight excluding hydrogens is 499 g/mol. The fourth-order valence-corrected chi connectivity index (χ4v) is 4.58. The van der Waals surface area contributed by atoms with E-state index in [1.807, 2.05) is 6.07 Å². The van der Waals surface area contributed by atoms with Crippen molar-refractivity contribution < 1.29 is 27.2 Å². The van der Waals surface area contributed by atoms with Gasteiger partial charge >= 0.3 is 0 Å². The molecule has 1 aliphatic heterocycles. The summed E-state index contributed by atoms with van der Waals surface area (Å²) in [7, 11) is -3.87. The van der Waals surface area contributed by atoms with Gasteiger partial charge in [0.15, 0.2) is 0 Å². The number of imide groups is 1. The molecule has 9 nitrogen and oxygen atoms in total. The molecule has 1 atom stereocenters. The summed E-state index contributed by atoms with van der Waals surface area (Å²) < 4.78 is 36.5. The minimum atomic E-state index is -3.87. The minimum absolute atomic E-state index is 0.0236. The van der Waals surface area contributed by atoms with Crippen LogP contribution in [0.3, 0.4) is 0 Å². The summed E-state index contributed by atoms with van der Waals surface area (Å²) in [6, 6.07) is 17.4. The number of amides is 3. The molecule has 1 aliphatic rings. The first kappa shape index (κ1) is 25.7. The third-order valence-electron chi connectivity index (χ3n) is 6.00. The fraction of sp³-hybridized carbons (Fsp3) is 0.154. The van der Waals surface area contributed by atoms with Crippen molar-refractivity contribution in [2.75, 3.05) is 11.4 Å². The van der Waals surface area contributed by atoms with Crippen LogP contribution in [0.2, 0.25) is 0 Å². The Balaban J connectivity index is 1.62. The van der Waals surface area contributed by atoms with Crippen molar-refractivity contribution >= 4 is 33.4 Å². The highest BCUT2D eigenvalue weighted by atomic mass is 32.2. The lowest BCUT2D eigenvalue weighted by Crippen LogP contribution is -2.46. The lowest BCUT2D eigenvalue weighted by atomic mass is 10.1. The first-order chi connectivity index (χ1) is 17.6. The first-order valence-electron chi connectivity index (χ1n) is 11.1. The lowest BCUT2D eigenvalue weighted by Gasteiger charge is -2.28. The molecule has 11 heteroatoms. The Kier molecular flexibility index (Phi) is 7.15. The van der Waals surface area contributed by atoms with Gasteiger partial charge in [-0.3, -0.25) is 14.4 Å². The molecule has 3 amide bonds. The predicted molar refractivity (Wildman–Crippen MR) is 131 cm³/mol. The molecule has 188 valence electrons. The maximum absolute atomic E-state index is 13.4. The second-order valence-corrected chi connectivity index (χ2v) is 9.95. The smallest absolute Gasteiger partial charge is 0.257 e. The molecule has 0 spiro atoms. The average Bonchev–Trinajstić information content (AvgIpc) is 3.17. The van der Waals surface area contributed by atoms with E-state index in [0.29, 0.717) is 11.1 Å². The molecule has 1 fully saturated rings. The molecule has 0 bridgehead atoms. The van der Waals surface area contributed by atoms with Gasteiger partial charge in [0.05, 0.1) is 28.6 Å². The molecule has 2 N–H and O–H groups in total. The predicted octanol–water partition coefficient (Wildman–Crippen LogP) is 2.36. The van der Waals surface area contributed by atoms with Crippen molar-refractivity contribution in [3.8, 4) is 6.07 Å². The van der Waals surface area contributed by atoms with Crippen molar-refractivity contribution in [2.45, 2.75) is 23.8 Å². The van der Waals surface area contributed by atoms with Crippen LogP contribution in [0.4, 0.5) is 10.1 Å². The summed E-state index contributed by atoms with van der Waals surface area (Å²) in [4.78, 5) is 41.8. The van der Waals surface area contributed by atoms with Gasteiger partial charge in [-0.25, -0.2) is 22.8 Å². The third kappa shape index (κ3) is 5.55. The Hall–Kier alpha value is -4.40. The fourth-order valence-electron chi connectivity index (χ4n) is 4.07. The quantitative estimate of drug-likeness (QED) is 0.474. The van der Waals surface area contributed by atoms with Crippen molar-refractivity contribution in [3.05, 3.63) is 95.3 Å². The number of carbonyl (C=O) groups excluding carboxylic acids is 3. The molecule has 0 aliphatic carbocycles. The van der Waals surface area contributed by atoms with Gasteiger partial charge in [0.25, 0.3) is 11.8 Å². The zero-order chi connectivity index (χ0) is 26.7. The molecule has 0 radical (unpaired) electrons. The number of benzene rings is 3. The van der Waals surface area contributed by atoms with Gasteiger partial charge in [0.2, 0.25) is 15.9 Å². The largest absolute Gasteiger partial charge is 0.326 e. The van der Waals surface area contributed by atoms with E-state index in [0.717, 1.165) is 17.0 Å². The number of nitrogens with zero attached hydrogens (tertiary/aromatic N) is 3. The lowest BCUT2D eigenvalue weighted by molar-refractivity contribution is -0.122. The highest BCUT2D eigenvalue weighted by molar-refractivity contribution is 7.89. The third-order valence-corrected chi connectivity index (χ3v) is 6.93. The van der Waals surface area contributed by atoms with E-state index in [9.17, 15) is 27.2 Å². The Labute approximate surface area is 212 Å². The number of nitrogens with two attached hydrogens (primary N) is 1. The number of hydrogen-bond donors (Lipinski definition) is 1. The summed E-state index contributed by atoms with van der Waals surface area (Å²) in [5, 5.41) is 14.1. The van der Waals surface area contributed by atoms with Gasteiger partial charge in [-0.2, -0.15) is 5.26 Å². The number of rotatable bonds is 7. The number of anilines is 1. The number of carbonyl (C=O) groups is 3. The van der Waals surface area contributed by atoms with Crippen molar-refractivity contribution in [1.29, 1.82) is 5.26 Å². The van der Waals surface area contributed by atoms with Crippen molar-refractivity contribution in [2.24, 2.45) is 5.14 Å². The van der Waals surface area contributed by atoms with Crippen molar-refractivity contribution in [1.82, 2.24) is 4.90 Å². The second kappa shape index (κ2) is 10.3. The molecular formula is C26H21FN4O5S. The van der Waals surface area contributed by atoms with E-state index in [1.54, 1.807) is 12.1 Å². The number of halogens is 1. The van der Waals surface area contributed by atoms with E-state index < -0.39 is 39.6 Å². The number of sulfonamides is 1. The van der Waals surface area contributed by atoms with Crippen LogP contribution >= 0.6 is 0 Å². The van der Waals surface area contributed by atoms with E-state index in [4.69, 9.17) is 10.4 Å². The van der Waals surface area contributed by atoms with Gasteiger partial charge in [-0.05, 0) is 72.6 Å². The van der Waals surface area contributed by atoms with Crippen LogP contribution in [0.15, 0.2) is 77.7 Å². The van der Waals surface area contributed by atoms with Crippen LogP contribution in [-0.4, -0.2) is 43.6 Å². The van der Waals surface area contributed by atoms with E-state index in [1.165, 1.54) is 53.4 Å². The van der Waals surface area contributed by atoms with Crippen LogP contribution in [0.5, 0.6) is 0 Å². The minimum Gasteiger partial charge on any atom is -0.326 e. The average molecular weight is 521 g/mol. The molecule has 37 heavy (non-hydrogen) atoms. The maximum atomic E-state index is 13.4. The van der Waals surface area contributed by atoms with E-state index >= 15 is 0 Å². The van der Waals surface area contributed by atoms with Gasteiger partial charge in [0.1, 0.15) is 11.9 Å². The number of nitriles is 1. The zero-order valence-electron chi connectivity index (χ0n) is 19.4. The van der Waals surface area contributed by atoms with Gasteiger partial charge in [-0.15, -0.1) is 0 Å². The SMILES string of the molecule is N#Cc1ccc(N2C(=O)CC(N(CCc3ccc(S(N)(=O)=O)cc3)C(=O)c3ccc(F)cc3)C2=O)cc1. The molecule has 1 unspecified atom stereocenters. The monoisotopic (exact) mass is 520 g/mol. The Morgan fingerprint density at radius 2 is 1.65 bits per heavy atom. The van der Waals surface area contributed by atoms with Crippen LogP contribution in [0.25, 0.3) is 0 Å². The van der Waals surface area contributed by atoms with E-state index in [-0.39, 0.29) is 35.5 Å². The number of hydrogen-bond acceptors (Lipinski definition) is 6.